The highest BCUT2D eigenvalue weighted by atomic mass is 79.9. The lowest BCUT2D eigenvalue weighted by molar-refractivity contribution is -0.115. The normalized spacial score (nSPS) is 10.3. The Morgan fingerprint density at radius 2 is 1.56 bits per heavy atom. The highest BCUT2D eigenvalue weighted by molar-refractivity contribution is 9.10. The van der Waals surface area contributed by atoms with E-state index in [0.717, 1.165) is 15.7 Å². The lowest BCUT2D eigenvalue weighted by Crippen LogP contribution is -2.15. The Balaban J connectivity index is 1.57. The molecule has 0 aliphatic heterocycles. The molecule has 126 valence electrons. The van der Waals surface area contributed by atoms with Gasteiger partial charge in [-0.25, -0.2) is 0 Å². The molecule has 0 saturated carbocycles. The summed E-state index contributed by atoms with van der Waals surface area (Å²) in [5.41, 5.74) is 3.04. The van der Waals surface area contributed by atoms with Crippen molar-refractivity contribution < 1.29 is 4.79 Å². The van der Waals surface area contributed by atoms with Crippen LogP contribution >= 0.6 is 15.9 Å². The van der Waals surface area contributed by atoms with Crippen LogP contribution in [0.1, 0.15) is 11.1 Å². The molecule has 1 heterocycles. The number of aromatic nitrogens is 2. The highest BCUT2D eigenvalue weighted by Gasteiger charge is 2.06. The van der Waals surface area contributed by atoms with E-state index < -0.39 is 0 Å². The lowest BCUT2D eigenvalue weighted by atomic mass is 10.1. The number of nitrogens with zero attached hydrogens (tertiary/aromatic N) is 2. The molecule has 0 unspecified atom stereocenters. The van der Waals surface area contributed by atoms with Crippen LogP contribution in [0, 0.1) is 6.92 Å². The number of benzene rings is 2. The van der Waals surface area contributed by atoms with Gasteiger partial charge < -0.3 is 10.6 Å². The van der Waals surface area contributed by atoms with Gasteiger partial charge >= 0.3 is 0 Å². The largest absolute Gasteiger partial charge is 0.339 e. The minimum atomic E-state index is -0.119. The third kappa shape index (κ3) is 5.12. The van der Waals surface area contributed by atoms with E-state index in [9.17, 15) is 4.79 Å². The topological polar surface area (TPSA) is 66.9 Å². The van der Waals surface area contributed by atoms with Crippen molar-refractivity contribution in [1.29, 1.82) is 0 Å². The van der Waals surface area contributed by atoms with E-state index in [4.69, 9.17) is 0 Å². The Morgan fingerprint density at radius 1 is 0.920 bits per heavy atom. The fourth-order valence-electron chi connectivity index (χ4n) is 2.23. The van der Waals surface area contributed by atoms with Crippen LogP contribution in [0.4, 0.5) is 17.3 Å². The second kappa shape index (κ2) is 7.90. The maximum absolute atomic E-state index is 12.1. The van der Waals surface area contributed by atoms with Crippen LogP contribution in [-0.4, -0.2) is 16.1 Å². The van der Waals surface area contributed by atoms with Crippen molar-refractivity contribution in [2.75, 3.05) is 10.6 Å². The Bertz CT molecular complexity index is 846. The zero-order chi connectivity index (χ0) is 17.6. The molecule has 0 aliphatic carbocycles. The van der Waals surface area contributed by atoms with Crippen LogP contribution in [-0.2, 0) is 11.2 Å². The molecular formula is C19H17BrN4O. The molecule has 25 heavy (non-hydrogen) atoms. The summed E-state index contributed by atoms with van der Waals surface area (Å²) in [6, 6.07) is 19.1. The standard InChI is InChI=1S/C19H17BrN4O/c1-13-2-4-14(5-3-13)12-19(25)22-18-11-10-17(23-24-18)21-16-8-6-15(20)7-9-16/h2-11H,12H2,1H3,(H,21,23)(H,22,24,25). The molecule has 1 aromatic heterocycles. The van der Waals surface area contributed by atoms with Gasteiger partial charge in [0, 0.05) is 10.2 Å². The first-order chi connectivity index (χ1) is 12.1. The number of carbonyl (C=O) groups is 1. The van der Waals surface area contributed by atoms with Gasteiger partial charge in [-0.2, -0.15) is 0 Å². The Kier molecular flexibility index (Phi) is 5.40. The smallest absolute Gasteiger partial charge is 0.229 e. The van der Waals surface area contributed by atoms with E-state index in [1.54, 1.807) is 12.1 Å². The van der Waals surface area contributed by atoms with Gasteiger partial charge in [0.1, 0.15) is 0 Å². The molecule has 6 heteroatoms. The molecule has 0 aliphatic rings. The number of halogens is 1. The molecule has 0 fully saturated rings. The first-order valence-electron chi connectivity index (χ1n) is 7.80. The van der Waals surface area contributed by atoms with Gasteiger partial charge in [0.2, 0.25) is 5.91 Å². The molecule has 2 aromatic carbocycles. The number of anilines is 3. The summed E-state index contributed by atoms with van der Waals surface area (Å²) in [7, 11) is 0. The molecule has 2 N–H and O–H groups in total. The summed E-state index contributed by atoms with van der Waals surface area (Å²) in [6.07, 6.45) is 0.306. The number of hydrogen-bond donors (Lipinski definition) is 2. The predicted molar refractivity (Wildman–Crippen MR) is 103 cm³/mol. The van der Waals surface area contributed by atoms with Crippen LogP contribution in [0.15, 0.2) is 65.1 Å². The van der Waals surface area contributed by atoms with E-state index in [1.807, 2.05) is 55.5 Å². The van der Waals surface area contributed by atoms with Gasteiger partial charge in [0.05, 0.1) is 6.42 Å². The summed E-state index contributed by atoms with van der Waals surface area (Å²) < 4.78 is 1.01. The van der Waals surface area contributed by atoms with Crippen LogP contribution in [0.3, 0.4) is 0 Å². The average molecular weight is 397 g/mol. The SMILES string of the molecule is Cc1ccc(CC(=O)Nc2ccc(Nc3ccc(Br)cc3)nn2)cc1. The maximum atomic E-state index is 12.1. The number of aryl methyl sites for hydroxylation is 1. The summed E-state index contributed by atoms with van der Waals surface area (Å²) in [5, 5.41) is 14.0. The maximum Gasteiger partial charge on any atom is 0.229 e. The molecule has 5 nitrogen and oxygen atoms in total. The van der Waals surface area contributed by atoms with Crippen LogP contribution in [0.2, 0.25) is 0 Å². The second-order valence-corrected chi connectivity index (χ2v) is 6.56. The second-order valence-electron chi connectivity index (χ2n) is 5.65. The van der Waals surface area contributed by atoms with Crippen molar-refractivity contribution in [3.05, 3.63) is 76.3 Å². The molecule has 0 spiro atoms. The zero-order valence-electron chi connectivity index (χ0n) is 13.7. The van der Waals surface area contributed by atoms with Gasteiger partial charge in [-0.3, -0.25) is 4.79 Å². The summed E-state index contributed by atoms with van der Waals surface area (Å²) in [5.74, 6) is 0.920. The monoisotopic (exact) mass is 396 g/mol. The van der Waals surface area contributed by atoms with E-state index in [2.05, 4.69) is 36.8 Å². The lowest BCUT2D eigenvalue weighted by Gasteiger charge is -2.07. The number of rotatable bonds is 5. The van der Waals surface area contributed by atoms with Crippen molar-refractivity contribution in [1.82, 2.24) is 10.2 Å². The summed E-state index contributed by atoms with van der Waals surface area (Å²) >= 11 is 3.39. The quantitative estimate of drug-likeness (QED) is 0.667. The molecule has 0 radical (unpaired) electrons. The number of nitrogens with one attached hydrogen (secondary N) is 2. The Labute approximate surface area is 154 Å². The van der Waals surface area contributed by atoms with E-state index in [0.29, 0.717) is 18.1 Å². The molecule has 0 saturated heterocycles. The number of carbonyl (C=O) groups excluding carboxylic acids is 1. The van der Waals surface area contributed by atoms with Crippen LogP contribution in [0.5, 0.6) is 0 Å². The van der Waals surface area contributed by atoms with Gasteiger partial charge in [-0.1, -0.05) is 45.8 Å². The highest BCUT2D eigenvalue weighted by Crippen LogP contribution is 2.18. The van der Waals surface area contributed by atoms with Gasteiger partial charge in [0.25, 0.3) is 0 Å². The minimum Gasteiger partial charge on any atom is -0.339 e. The van der Waals surface area contributed by atoms with Gasteiger partial charge in [0.15, 0.2) is 11.6 Å². The molecule has 1 amide bonds. The van der Waals surface area contributed by atoms with Crippen molar-refractivity contribution in [3.8, 4) is 0 Å². The average Bonchev–Trinajstić information content (AvgIpc) is 2.61. The Hall–Kier alpha value is -2.73. The van der Waals surface area contributed by atoms with Gasteiger partial charge in [-0.15, -0.1) is 10.2 Å². The van der Waals surface area contributed by atoms with Crippen molar-refractivity contribution in [3.63, 3.8) is 0 Å². The minimum absolute atomic E-state index is 0.119. The third-order valence-electron chi connectivity index (χ3n) is 3.53. The summed E-state index contributed by atoms with van der Waals surface area (Å²) in [6.45, 7) is 2.02. The van der Waals surface area contributed by atoms with Crippen LogP contribution in [0.25, 0.3) is 0 Å². The van der Waals surface area contributed by atoms with E-state index in [1.165, 1.54) is 5.56 Å². The predicted octanol–water partition coefficient (Wildman–Crippen LogP) is 4.47. The fraction of sp³-hybridized carbons (Fsp3) is 0.105. The third-order valence-corrected chi connectivity index (χ3v) is 4.06. The fourth-order valence-corrected chi connectivity index (χ4v) is 2.49. The molecule has 3 aromatic rings. The van der Waals surface area contributed by atoms with E-state index >= 15 is 0 Å². The first-order valence-corrected chi connectivity index (χ1v) is 8.59. The van der Waals surface area contributed by atoms with Crippen molar-refractivity contribution in [2.24, 2.45) is 0 Å². The first kappa shape index (κ1) is 17.1. The Morgan fingerprint density at radius 3 is 2.20 bits per heavy atom. The van der Waals surface area contributed by atoms with Gasteiger partial charge in [-0.05, 0) is 48.9 Å². The molecule has 0 atom stereocenters. The molecule has 0 bridgehead atoms. The van der Waals surface area contributed by atoms with Crippen molar-refractivity contribution in [2.45, 2.75) is 13.3 Å². The molecule has 3 rings (SSSR count). The van der Waals surface area contributed by atoms with E-state index in [-0.39, 0.29) is 5.91 Å². The number of amides is 1. The molecular weight excluding hydrogens is 380 g/mol. The van der Waals surface area contributed by atoms with Crippen LogP contribution < -0.4 is 10.6 Å². The zero-order valence-corrected chi connectivity index (χ0v) is 15.2. The number of hydrogen-bond acceptors (Lipinski definition) is 4. The van der Waals surface area contributed by atoms with Crippen molar-refractivity contribution >= 4 is 39.2 Å². The summed E-state index contributed by atoms with van der Waals surface area (Å²) in [4.78, 5) is 12.1.